The molecule has 0 aliphatic rings. The van der Waals surface area contributed by atoms with Gasteiger partial charge in [0.1, 0.15) is 19.3 Å². The van der Waals surface area contributed by atoms with Crippen LogP contribution in [0.1, 0.15) is 319 Å². The minimum Gasteiger partial charge on any atom is -0.462 e. The van der Waals surface area contributed by atoms with Gasteiger partial charge in [-0.2, -0.15) is 0 Å². The first-order valence-electron chi connectivity index (χ1n) is 34.3. The second-order valence-corrected chi connectivity index (χ2v) is 28.2. The van der Waals surface area contributed by atoms with Crippen LogP contribution in [0.25, 0.3) is 0 Å². The summed E-state index contributed by atoms with van der Waals surface area (Å²) in [6.45, 7) is 14.0. The molecule has 85 heavy (non-hydrogen) atoms. The Labute approximate surface area is 517 Å². The number of hydrogen-bond acceptors (Lipinski definition) is 15. The van der Waals surface area contributed by atoms with Crippen LogP contribution >= 0.6 is 15.6 Å². The molecule has 0 saturated heterocycles. The van der Waals surface area contributed by atoms with Crippen molar-refractivity contribution in [2.45, 2.75) is 337 Å². The van der Waals surface area contributed by atoms with E-state index in [-0.39, 0.29) is 25.7 Å². The minimum atomic E-state index is -4.95. The van der Waals surface area contributed by atoms with Crippen LogP contribution in [0, 0.1) is 23.7 Å². The van der Waals surface area contributed by atoms with Crippen LogP contribution in [0.2, 0.25) is 0 Å². The van der Waals surface area contributed by atoms with Crippen molar-refractivity contribution >= 4 is 39.5 Å². The standard InChI is InChI=1S/C66H128O17P2/c1-9-58(7)44-36-28-19-15-11-12-16-20-30-38-46-63(68)76-52-61(82-65(70)48-40-32-21-17-13-14-18-26-34-42-56(3)4)54-80-84(72,73)78-50-60(67)51-79-85(74,75)81-55-62(53-77-64(69)47-39-31-24-22-27-35-43-57(5)6)83-66(71)49-41-33-25-23-29-37-45-59(8)10-2/h56-62,67H,9-55H2,1-8H3,(H,72,73)(H,74,75)/t58?,59?,60-,61-,62-/m1/s1. The molecule has 0 bridgehead atoms. The summed E-state index contributed by atoms with van der Waals surface area (Å²) in [5, 5.41) is 10.5. The van der Waals surface area contributed by atoms with Crippen molar-refractivity contribution in [3.8, 4) is 0 Å². The topological polar surface area (TPSA) is 237 Å². The lowest BCUT2D eigenvalue weighted by Gasteiger charge is -2.21. The molecule has 4 unspecified atom stereocenters. The predicted molar refractivity (Wildman–Crippen MR) is 340 cm³/mol. The van der Waals surface area contributed by atoms with Gasteiger partial charge in [-0.05, 0) is 49.4 Å². The molecule has 0 heterocycles. The van der Waals surface area contributed by atoms with Gasteiger partial charge < -0.3 is 33.8 Å². The van der Waals surface area contributed by atoms with E-state index in [1.165, 1.54) is 116 Å². The molecular formula is C66H128O17P2. The number of phosphoric acid groups is 2. The molecule has 19 heteroatoms. The van der Waals surface area contributed by atoms with E-state index < -0.39 is 97.5 Å². The molecule has 0 amide bonds. The van der Waals surface area contributed by atoms with Gasteiger partial charge in [0, 0.05) is 25.7 Å². The maximum Gasteiger partial charge on any atom is 0.472 e. The van der Waals surface area contributed by atoms with Crippen molar-refractivity contribution in [2.24, 2.45) is 23.7 Å². The summed E-state index contributed by atoms with van der Waals surface area (Å²) < 4.78 is 68.1. The van der Waals surface area contributed by atoms with Crippen molar-refractivity contribution in [2.75, 3.05) is 39.6 Å². The number of aliphatic hydroxyl groups is 1. The molecule has 0 fully saturated rings. The van der Waals surface area contributed by atoms with Crippen molar-refractivity contribution in [3.63, 3.8) is 0 Å². The molecule has 0 rings (SSSR count). The molecule has 3 N–H and O–H groups in total. The predicted octanol–water partition coefficient (Wildman–Crippen LogP) is 18.1. The molecule has 0 aliphatic carbocycles. The largest absolute Gasteiger partial charge is 0.472 e. The van der Waals surface area contributed by atoms with E-state index in [9.17, 15) is 43.2 Å². The van der Waals surface area contributed by atoms with Crippen LogP contribution in [0.15, 0.2) is 0 Å². The summed E-state index contributed by atoms with van der Waals surface area (Å²) in [5.74, 6) is 0.806. The van der Waals surface area contributed by atoms with E-state index in [0.29, 0.717) is 31.6 Å². The average Bonchev–Trinajstić information content (AvgIpc) is 3.58. The molecule has 0 radical (unpaired) electrons. The minimum absolute atomic E-state index is 0.101. The Hall–Kier alpha value is -1.94. The number of phosphoric ester groups is 2. The number of carbonyl (C=O) groups is 4. The monoisotopic (exact) mass is 1250 g/mol. The summed E-state index contributed by atoms with van der Waals surface area (Å²) in [6, 6.07) is 0. The van der Waals surface area contributed by atoms with E-state index in [1.54, 1.807) is 0 Å². The van der Waals surface area contributed by atoms with E-state index in [4.69, 9.17) is 37.0 Å². The van der Waals surface area contributed by atoms with Crippen LogP contribution in [0.3, 0.4) is 0 Å². The lowest BCUT2D eigenvalue weighted by atomic mass is 9.99. The molecule has 0 saturated carbocycles. The number of esters is 4. The first-order chi connectivity index (χ1) is 40.7. The number of unbranched alkanes of at least 4 members (excludes halogenated alkanes) is 27. The lowest BCUT2D eigenvalue weighted by molar-refractivity contribution is -0.161. The molecular weight excluding hydrogens is 1130 g/mol. The Bertz CT molecular complexity index is 1700. The molecule has 0 aliphatic heterocycles. The van der Waals surface area contributed by atoms with Gasteiger partial charge in [-0.25, -0.2) is 9.13 Å². The highest BCUT2D eigenvalue weighted by atomic mass is 31.2. The van der Waals surface area contributed by atoms with Gasteiger partial charge in [0.2, 0.25) is 0 Å². The third-order valence-corrected chi connectivity index (χ3v) is 17.7. The van der Waals surface area contributed by atoms with Crippen LogP contribution < -0.4 is 0 Å². The summed E-state index contributed by atoms with van der Waals surface area (Å²) in [7, 11) is -9.89. The van der Waals surface area contributed by atoms with Gasteiger partial charge in [-0.3, -0.25) is 37.3 Å². The fourth-order valence-electron chi connectivity index (χ4n) is 9.72. The Kier molecular flexibility index (Phi) is 54.8. The summed E-state index contributed by atoms with van der Waals surface area (Å²) in [5.41, 5.74) is 0. The van der Waals surface area contributed by atoms with E-state index in [2.05, 4.69) is 55.4 Å². The van der Waals surface area contributed by atoms with Crippen LogP contribution in [0.4, 0.5) is 0 Å². The number of ether oxygens (including phenoxy) is 4. The zero-order valence-electron chi connectivity index (χ0n) is 55.2. The second-order valence-electron chi connectivity index (χ2n) is 25.3. The molecule has 504 valence electrons. The number of aliphatic hydroxyl groups excluding tert-OH is 1. The Morgan fingerprint density at radius 3 is 0.835 bits per heavy atom. The Balaban J connectivity index is 5.25. The third kappa shape index (κ3) is 58.2. The van der Waals surface area contributed by atoms with Crippen LogP contribution in [-0.4, -0.2) is 96.7 Å². The van der Waals surface area contributed by atoms with Gasteiger partial charge in [0.25, 0.3) is 0 Å². The quantitative estimate of drug-likeness (QED) is 0.0222. The highest BCUT2D eigenvalue weighted by Gasteiger charge is 2.30. The zero-order chi connectivity index (χ0) is 63.2. The lowest BCUT2D eigenvalue weighted by Crippen LogP contribution is -2.30. The Morgan fingerprint density at radius 2 is 0.565 bits per heavy atom. The van der Waals surface area contributed by atoms with E-state index in [0.717, 1.165) is 114 Å². The Morgan fingerprint density at radius 1 is 0.329 bits per heavy atom. The highest BCUT2D eigenvalue weighted by molar-refractivity contribution is 7.47. The second kappa shape index (κ2) is 56.1. The number of rotatable bonds is 63. The van der Waals surface area contributed by atoms with Crippen molar-refractivity contribution in [1.82, 2.24) is 0 Å². The molecule has 0 aromatic carbocycles. The fourth-order valence-corrected chi connectivity index (χ4v) is 11.3. The number of carbonyl (C=O) groups excluding carboxylic acids is 4. The van der Waals surface area contributed by atoms with Crippen LogP contribution in [0.5, 0.6) is 0 Å². The maximum atomic E-state index is 13.0. The molecule has 17 nitrogen and oxygen atoms in total. The molecule has 7 atom stereocenters. The van der Waals surface area contributed by atoms with E-state index in [1.807, 2.05) is 0 Å². The average molecular weight is 1260 g/mol. The summed E-state index contributed by atoms with van der Waals surface area (Å²) >= 11 is 0. The normalized spacial score (nSPS) is 15.0. The third-order valence-electron chi connectivity index (χ3n) is 15.8. The van der Waals surface area contributed by atoms with Crippen molar-refractivity contribution in [3.05, 3.63) is 0 Å². The van der Waals surface area contributed by atoms with E-state index >= 15 is 0 Å². The summed E-state index contributed by atoms with van der Waals surface area (Å²) in [6.07, 6.45) is 36.3. The SMILES string of the molecule is CCC(C)CCCCCCCCCCCCC(=O)OC[C@H](COP(=O)(O)OC[C@@H](O)COP(=O)(O)OC[C@@H](COC(=O)CCCCCCCCC(C)C)OC(=O)CCCCCCCCC(C)CC)OC(=O)CCCCCCCCCCCC(C)C. The molecule has 0 aromatic rings. The number of hydrogen-bond donors (Lipinski definition) is 3. The highest BCUT2D eigenvalue weighted by Crippen LogP contribution is 2.45. The van der Waals surface area contributed by atoms with Gasteiger partial charge in [-0.1, -0.05) is 267 Å². The smallest absolute Gasteiger partial charge is 0.462 e. The van der Waals surface area contributed by atoms with Crippen molar-refractivity contribution in [1.29, 1.82) is 0 Å². The molecule has 0 spiro atoms. The van der Waals surface area contributed by atoms with Gasteiger partial charge in [0.05, 0.1) is 26.4 Å². The van der Waals surface area contributed by atoms with Gasteiger partial charge in [0.15, 0.2) is 12.2 Å². The van der Waals surface area contributed by atoms with Gasteiger partial charge in [-0.15, -0.1) is 0 Å². The zero-order valence-corrected chi connectivity index (χ0v) is 57.0. The first-order valence-corrected chi connectivity index (χ1v) is 37.3. The molecule has 0 aromatic heterocycles. The van der Waals surface area contributed by atoms with Crippen LogP contribution in [-0.2, 0) is 65.4 Å². The van der Waals surface area contributed by atoms with Gasteiger partial charge >= 0.3 is 39.5 Å². The fraction of sp³-hybridized carbons (Fsp3) is 0.939. The summed E-state index contributed by atoms with van der Waals surface area (Å²) in [4.78, 5) is 72.3. The first kappa shape index (κ1) is 83.1. The van der Waals surface area contributed by atoms with Crippen molar-refractivity contribution < 1.29 is 80.2 Å². The maximum absolute atomic E-state index is 13.0.